The van der Waals surface area contributed by atoms with Gasteiger partial charge in [0.2, 0.25) is 0 Å². The summed E-state index contributed by atoms with van der Waals surface area (Å²) >= 11 is 8.20. The van der Waals surface area contributed by atoms with Crippen LogP contribution >= 0.6 is 35.7 Å². The molecule has 2 aromatic heterocycles. The number of aryl methyl sites for hydroxylation is 1. The summed E-state index contributed by atoms with van der Waals surface area (Å²) in [4.78, 5) is 34.9. The summed E-state index contributed by atoms with van der Waals surface area (Å²) in [6, 6.07) is 23.1. The molecule has 0 bridgehead atoms. The van der Waals surface area contributed by atoms with E-state index in [0.717, 1.165) is 16.0 Å². The van der Waals surface area contributed by atoms with Gasteiger partial charge in [0.25, 0.3) is 11.5 Å². The number of thioether (sulfide) groups is 1. The largest absolute Gasteiger partial charge is 0.286 e. The lowest BCUT2D eigenvalue weighted by Crippen LogP contribution is -2.31. The summed E-state index contributed by atoms with van der Waals surface area (Å²) in [6.07, 6.45) is 3.35. The van der Waals surface area contributed by atoms with E-state index in [1.54, 1.807) is 17.2 Å². The van der Waals surface area contributed by atoms with Crippen molar-refractivity contribution in [2.24, 2.45) is 0 Å². The van der Waals surface area contributed by atoms with E-state index < -0.39 is 0 Å². The van der Waals surface area contributed by atoms with Gasteiger partial charge < -0.3 is 0 Å². The second-order valence-corrected chi connectivity index (χ2v) is 10.8. The molecule has 3 heterocycles. The number of carbonyl (C=O) groups is 1. The van der Waals surface area contributed by atoms with Crippen molar-refractivity contribution in [3.05, 3.63) is 111 Å². The van der Waals surface area contributed by atoms with Crippen molar-refractivity contribution in [2.45, 2.75) is 29.8 Å². The first kappa shape index (κ1) is 23.5. The van der Waals surface area contributed by atoms with E-state index >= 15 is 0 Å². The molecule has 0 spiro atoms. The highest BCUT2D eigenvalue weighted by atomic mass is 32.2. The lowest BCUT2D eigenvalue weighted by molar-refractivity contribution is -0.123. The van der Waals surface area contributed by atoms with Gasteiger partial charge in [-0.25, -0.2) is 4.98 Å². The van der Waals surface area contributed by atoms with Crippen LogP contribution in [-0.2, 0) is 4.79 Å². The van der Waals surface area contributed by atoms with Gasteiger partial charge in [0.15, 0.2) is 0 Å². The first-order valence-electron chi connectivity index (χ1n) is 11.0. The maximum atomic E-state index is 13.6. The third-order valence-electron chi connectivity index (χ3n) is 5.78. The number of thiocarbonyl (C=S) groups is 1. The highest BCUT2D eigenvalue weighted by Gasteiger charge is 2.36. The Morgan fingerprint density at radius 3 is 2.40 bits per heavy atom. The molecule has 1 atom stereocenters. The second-order valence-electron chi connectivity index (χ2n) is 8.07. The Hall–Kier alpha value is -3.20. The fraction of sp³-hybridized carbons (Fsp3) is 0.111. The van der Waals surface area contributed by atoms with Crippen LogP contribution in [0.15, 0.2) is 98.6 Å². The third-order valence-corrected chi connectivity index (χ3v) is 8.12. The van der Waals surface area contributed by atoms with E-state index in [-0.39, 0.29) is 17.5 Å². The van der Waals surface area contributed by atoms with E-state index in [1.807, 2.05) is 86.6 Å². The normalized spacial score (nSPS) is 15.8. The van der Waals surface area contributed by atoms with Crippen LogP contribution in [0.25, 0.3) is 11.7 Å². The molecule has 5 nitrogen and oxygen atoms in total. The predicted octanol–water partition coefficient (Wildman–Crippen LogP) is 6.12. The number of hydrogen-bond donors (Lipinski definition) is 0. The van der Waals surface area contributed by atoms with Crippen LogP contribution in [-0.4, -0.2) is 24.5 Å². The summed E-state index contributed by atoms with van der Waals surface area (Å²) < 4.78 is 2.00. The van der Waals surface area contributed by atoms with Gasteiger partial charge in [0.1, 0.15) is 15.0 Å². The average Bonchev–Trinajstić information content (AvgIpc) is 3.15. The highest BCUT2D eigenvalue weighted by molar-refractivity contribution is 8.26. The number of pyridine rings is 1. The minimum absolute atomic E-state index is 0.208. The van der Waals surface area contributed by atoms with Crippen LogP contribution in [0.1, 0.15) is 29.7 Å². The second kappa shape index (κ2) is 9.81. The van der Waals surface area contributed by atoms with Gasteiger partial charge in [-0.2, -0.15) is 0 Å². The Bertz CT molecular complexity index is 1530. The molecule has 1 aliphatic rings. The van der Waals surface area contributed by atoms with E-state index in [1.165, 1.54) is 27.9 Å². The lowest BCUT2D eigenvalue weighted by Gasteiger charge is -2.23. The van der Waals surface area contributed by atoms with Crippen molar-refractivity contribution in [3.63, 3.8) is 0 Å². The smallest absolute Gasteiger partial charge is 0.266 e. The van der Waals surface area contributed by atoms with Gasteiger partial charge in [-0.15, -0.1) is 0 Å². The van der Waals surface area contributed by atoms with Crippen LogP contribution in [0.4, 0.5) is 0 Å². The van der Waals surface area contributed by atoms with E-state index in [0.29, 0.717) is 25.5 Å². The number of fused-ring (bicyclic) bond motifs is 1. The molecule has 35 heavy (non-hydrogen) atoms. The molecular weight excluding hydrogens is 495 g/mol. The summed E-state index contributed by atoms with van der Waals surface area (Å²) in [5.41, 5.74) is 2.63. The molecule has 1 saturated heterocycles. The van der Waals surface area contributed by atoms with Crippen molar-refractivity contribution in [3.8, 4) is 0 Å². The van der Waals surface area contributed by atoms with Gasteiger partial charge >= 0.3 is 0 Å². The van der Waals surface area contributed by atoms with Crippen LogP contribution in [0.5, 0.6) is 0 Å². The summed E-state index contributed by atoms with van der Waals surface area (Å²) in [5.74, 6) is -0.208. The topological polar surface area (TPSA) is 54.7 Å². The van der Waals surface area contributed by atoms with E-state index in [4.69, 9.17) is 17.2 Å². The number of aromatic nitrogens is 2. The molecule has 1 fully saturated rings. The summed E-state index contributed by atoms with van der Waals surface area (Å²) in [6.45, 7) is 3.88. The standard InChI is InChI=1S/C27H21N3O2S3/c1-17-10-9-15-29-23(17)28-24(34-20-13-7-4-8-14-20)21(25(29)31)16-22-26(32)30(27(33)35-22)18(2)19-11-5-3-6-12-19/h3-16,18H,1-2H3/b22-16-/t18-/m1/s1. The molecule has 0 aliphatic carbocycles. The van der Waals surface area contributed by atoms with Crippen LogP contribution in [0.3, 0.4) is 0 Å². The van der Waals surface area contributed by atoms with Crippen LogP contribution in [0, 0.1) is 6.92 Å². The zero-order chi connectivity index (χ0) is 24.5. The van der Waals surface area contributed by atoms with Crippen LogP contribution < -0.4 is 5.56 Å². The SMILES string of the molecule is Cc1cccn2c(=O)c(/C=C3\SC(=S)N([C@H](C)c4ccccc4)C3=O)c(Sc3ccccc3)nc12. The maximum Gasteiger partial charge on any atom is 0.266 e. The molecule has 0 radical (unpaired) electrons. The Morgan fingerprint density at radius 2 is 1.69 bits per heavy atom. The number of rotatable bonds is 5. The molecule has 0 saturated carbocycles. The Labute approximate surface area is 216 Å². The molecule has 1 aliphatic heterocycles. The number of amides is 1. The van der Waals surface area contributed by atoms with Crippen molar-refractivity contribution >= 4 is 57.7 Å². The van der Waals surface area contributed by atoms with Gasteiger partial charge in [-0.05, 0) is 49.2 Å². The Balaban J connectivity index is 1.61. The number of benzene rings is 2. The lowest BCUT2D eigenvalue weighted by atomic mass is 10.1. The van der Waals surface area contributed by atoms with Crippen LogP contribution in [0.2, 0.25) is 0 Å². The first-order chi connectivity index (χ1) is 16.9. The summed E-state index contributed by atoms with van der Waals surface area (Å²) in [5, 5.41) is 0.553. The maximum absolute atomic E-state index is 13.6. The fourth-order valence-corrected chi connectivity index (χ4v) is 6.22. The van der Waals surface area contributed by atoms with Gasteiger partial charge in [0, 0.05) is 11.1 Å². The number of hydrogen-bond acceptors (Lipinski definition) is 6. The monoisotopic (exact) mass is 515 g/mol. The van der Waals surface area contributed by atoms with Gasteiger partial charge in [-0.1, -0.05) is 90.3 Å². The number of carbonyl (C=O) groups excluding carboxylic acids is 1. The quantitative estimate of drug-likeness (QED) is 0.181. The van der Waals surface area contributed by atoms with Crippen molar-refractivity contribution in [1.82, 2.24) is 14.3 Å². The average molecular weight is 516 g/mol. The number of nitrogens with zero attached hydrogens (tertiary/aromatic N) is 3. The molecule has 5 rings (SSSR count). The fourth-order valence-electron chi connectivity index (χ4n) is 3.92. The first-order valence-corrected chi connectivity index (χ1v) is 13.0. The molecule has 0 unspecified atom stereocenters. The molecule has 4 aromatic rings. The predicted molar refractivity (Wildman–Crippen MR) is 147 cm³/mol. The van der Waals surface area contributed by atoms with Crippen molar-refractivity contribution in [1.29, 1.82) is 0 Å². The van der Waals surface area contributed by atoms with E-state index in [2.05, 4.69) is 0 Å². The molecular formula is C27H21N3O2S3. The zero-order valence-corrected chi connectivity index (χ0v) is 21.5. The van der Waals surface area contributed by atoms with Crippen molar-refractivity contribution in [2.75, 3.05) is 0 Å². The Morgan fingerprint density at radius 1 is 1.00 bits per heavy atom. The Kier molecular flexibility index (Phi) is 6.60. The molecule has 174 valence electrons. The third kappa shape index (κ3) is 4.57. The van der Waals surface area contributed by atoms with E-state index in [9.17, 15) is 9.59 Å². The molecule has 1 amide bonds. The molecule has 8 heteroatoms. The highest BCUT2D eigenvalue weighted by Crippen LogP contribution is 2.39. The van der Waals surface area contributed by atoms with Crippen molar-refractivity contribution < 1.29 is 4.79 Å². The zero-order valence-electron chi connectivity index (χ0n) is 19.0. The molecule has 2 aromatic carbocycles. The minimum Gasteiger partial charge on any atom is -0.286 e. The molecule has 0 N–H and O–H groups in total. The van der Waals surface area contributed by atoms with Gasteiger partial charge in [0.05, 0.1) is 16.5 Å². The summed E-state index contributed by atoms with van der Waals surface area (Å²) in [7, 11) is 0. The van der Waals surface area contributed by atoms with Gasteiger partial charge in [-0.3, -0.25) is 18.9 Å². The minimum atomic E-state index is -0.224.